The topological polar surface area (TPSA) is 47.0 Å². The van der Waals surface area contributed by atoms with Gasteiger partial charge >= 0.3 is 0 Å². The van der Waals surface area contributed by atoms with Crippen LogP contribution in [-0.4, -0.2) is 16.6 Å². The van der Waals surface area contributed by atoms with Crippen molar-refractivity contribution < 1.29 is 9.59 Å². The molecule has 0 amide bonds. The molecule has 74 valence electrons. The number of nitrogens with zero attached hydrogens (tertiary/aromatic N) is 1. The first-order valence-electron chi connectivity index (χ1n) is 4.57. The third-order valence-corrected chi connectivity index (χ3v) is 1.98. The Hall–Kier alpha value is -1.51. The number of Topliss-reactive ketones (excluding diaryl/α,β-unsaturated/α-hetero) is 2. The normalized spacial score (nSPS) is 10.2. The van der Waals surface area contributed by atoms with Gasteiger partial charge in [0.2, 0.25) is 0 Å². The highest BCUT2D eigenvalue weighted by Gasteiger charge is 2.13. The maximum Gasteiger partial charge on any atom is 0.170 e. The van der Waals surface area contributed by atoms with Crippen LogP contribution in [0.3, 0.4) is 0 Å². The Morgan fingerprint density at radius 3 is 2.36 bits per heavy atom. The number of aromatic nitrogens is 1. The molecular weight excluding hydrogens is 178 g/mol. The van der Waals surface area contributed by atoms with Crippen LogP contribution < -0.4 is 0 Å². The van der Waals surface area contributed by atoms with E-state index in [2.05, 4.69) is 4.98 Å². The summed E-state index contributed by atoms with van der Waals surface area (Å²) in [6, 6.07) is 3.24. The van der Waals surface area contributed by atoms with E-state index in [9.17, 15) is 9.59 Å². The van der Waals surface area contributed by atoms with E-state index in [0.29, 0.717) is 5.56 Å². The van der Waals surface area contributed by atoms with E-state index in [-0.39, 0.29) is 23.9 Å². The van der Waals surface area contributed by atoms with Crippen molar-refractivity contribution in [2.75, 3.05) is 0 Å². The van der Waals surface area contributed by atoms with Crippen LogP contribution in [0.15, 0.2) is 24.5 Å². The monoisotopic (exact) mass is 191 g/mol. The molecule has 0 bridgehead atoms. The van der Waals surface area contributed by atoms with Gasteiger partial charge in [0.25, 0.3) is 0 Å². The first kappa shape index (κ1) is 10.6. The molecule has 1 aromatic rings. The molecule has 14 heavy (non-hydrogen) atoms. The number of carbonyl (C=O) groups is 2. The van der Waals surface area contributed by atoms with Gasteiger partial charge in [0.1, 0.15) is 5.78 Å². The highest BCUT2D eigenvalue weighted by Crippen LogP contribution is 2.06. The smallest absolute Gasteiger partial charge is 0.170 e. The lowest BCUT2D eigenvalue weighted by Gasteiger charge is -2.02. The Balaban J connectivity index is 2.65. The third-order valence-electron chi connectivity index (χ3n) is 1.98. The van der Waals surface area contributed by atoms with E-state index < -0.39 is 0 Å². The highest BCUT2D eigenvalue weighted by atomic mass is 16.1. The molecule has 0 saturated heterocycles. The average molecular weight is 191 g/mol. The summed E-state index contributed by atoms with van der Waals surface area (Å²) in [5.41, 5.74) is 0.550. The third kappa shape index (κ3) is 2.76. The van der Waals surface area contributed by atoms with Crippen molar-refractivity contribution in [1.82, 2.24) is 4.98 Å². The molecule has 0 radical (unpaired) electrons. The quantitative estimate of drug-likeness (QED) is 0.539. The SMILES string of the molecule is CC(C)C(=O)CC(=O)c1ccncc1. The average Bonchev–Trinajstić information content (AvgIpc) is 2.19. The maximum atomic E-state index is 11.5. The van der Waals surface area contributed by atoms with Gasteiger partial charge in [-0.15, -0.1) is 0 Å². The van der Waals surface area contributed by atoms with Gasteiger partial charge in [-0.05, 0) is 12.1 Å². The highest BCUT2D eigenvalue weighted by molar-refractivity contribution is 6.08. The molecule has 0 aliphatic rings. The zero-order valence-corrected chi connectivity index (χ0v) is 8.36. The van der Waals surface area contributed by atoms with Gasteiger partial charge in [-0.1, -0.05) is 13.8 Å². The summed E-state index contributed by atoms with van der Waals surface area (Å²) in [4.78, 5) is 26.6. The second-order valence-corrected chi connectivity index (χ2v) is 3.46. The van der Waals surface area contributed by atoms with Crippen LogP contribution in [0.1, 0.15) is 30.6 Å². The number of carbonyl (C=O) groups excluding carboxylic acids is 2. The Labute approximate surface area is 83.2 Å². The summed E-state index contributed by atoms with van der Waals surface area (Å²) < 4.78 is 0. The molecule has 1 rings (SSSR count). The summed E-state index contributed by atoms with van der Waals surface area (Å²) in [6.07, 6.45) is 3.09. The van der Waals surface area contributed by atoms with Gasteiger partial charge in [0.05, 0.1) is 6.42 Å². The van der Waals surface area contributed by atoms with Crippen molar-refractivity contribution in [2.24, 2.45) is 5.92 Å². The van der Waals surface area contributed by atoms with E-state index in [0.717, 1.165) is 0 Å². The van der Waals surface area contributed by atoms with Crippen molar-refractivity contribution >= 4 is 11.6 Å². The van der Waals surface area contributed by atoms with Crippen molar-refractivity contribution in [3.63, 3.8) is 0 Å². The zero-order chi connectivity index (χ0) is 10.6. The fourth-order valence-corrected chi connectivity index (χ4v) is 1.00. The van der Waals surface area contributed by atoms with Crippen LogP contribution in [-0.2, 0) is 4.79 Å². The Morgan fingerprint density at radius 2 is 1.86 bits per heavy atom. The zero-order valence-electron chi connectivity index (χ0n) is 8.36. The van der Waals surface area contributed by atoms with Crippen LogP contribution in [0.5, 0.6) is 0 Å². The summed E-state index contributed by atoms with van der Waals surface area (Å²) in [6.45, 7) is 3.59. The minimum absolute atomic E-state index is 0.0122. The van der Waals surface area contributed by atoms with E-state index in [4.69, 9.17) is 0 Å². The van der Waals surface area contributed by atoms with Crippen LogP contribution in [0.4, 0.5) is 0 Å². The molecule has 0 aliphatic carbocycles. The molecule has 0 aromatic carbocycles. The van der Waals surface area contributed by atoms with Gasteiger partial charge < -0.3 is 0 Å². The van der Waals surface area contributed by atoms with E-state index >= 15 is 0 Å². The lowest BCUT2D eigenvalue weighted by Crippen LogP contribution is -2.13. The minimum Gasteiger partial charge on any atom is -0.299 e. The predicted octanol–water partition coefficient (Wildman–Crippen LogP) is 1.88. The first-order chi connectivity index (χ1) is 6.61. The molecule has 0 fully saturated rings. The van der Waals surface area contributed by atoms with Gasteiger partial charge in [0, 0.05) is 23.9 Å². The fraction of sp³-hybridized carbons (Fsp3) is 0.364. The first-order valence-corrected chi connectivity index (χ1v) is 4.57. The molecular formula is C11H13NO2. The lowest BCUT2D eigenvalue weighted by atomic mass is 10.0. The van der Waals surface area contributed by atoms with Crippen LogP contribution >= 0.6 is 0 Å². The summed E-state index contributed by atoms with van der Waals surface area (Å²) in [5, 5.41) is 0. The standard InChI is InChI=1S/C11H13NO2/c1-8(2)10(13)7-11(14)9-3-5-12-6-4-9/h3-6,8H,7H2,1-2H3. The number of pyridine rings is 1. The Bertz CT molecular complexity index is 330. The van der Waals surface area contributed by atoms with Crippen molar-refractivity contribution in [3.05, 3.63) is 30.1 Å². The number of ketones is 2. The van der Waals surface area contributed by atoms with Crippen molar-refractivity contribution in [1.29, 1.82) is 0 Å². The second-order valence-electron chi connectivity index (χ2n) is 3.46. The molecule has 0 atom stereocenters. The molecule has 0 aliphatic heterocycles. The largest absolute Gasteiger partial charge is 0.299 e. The van der Waals surface area contributed by atoms with Crippen LogP contribution in [0.2, 0.25) is 0 Å². The van der Waals surface area contributed by atoms with Crippen LogP contribution in [0, 0.1) is 5.92 Å². The Morgan fingerprint density at radius 1 is 1.29 bits per heavy atom. The second kappa shape index (κ2) is 4.65. The molecule has 0 unspecified atom stereocenters. The molecule has 0 N–H and O–H groups in total. The van der Waals surface area contributed by atoms with Gasteiger partial charge in [-0.2, -0.15) is 0 Å². The van der Waals surface area contributed by atoms with E-state index in [1.54, 1.807) is 38.4 Å². The number of rotatable bonds is 4. The maximum absolute atomic E-state index is 11.5. The summed E-state index contributed by atoms with van der Waals surface area (Å²) >= 11 is 0. The minimum atomic E-state index is -0.133. The molecule has 0 saturated carbocycles. The van der Waals surface area contributed by atoms with E-state index in [1.807, 2.05) is 0 Å². The lowest BCUT2D eigenvalue weighted by molar-refractivity contribution is -0.121. The molecule has 0 spiro atoms. The number of hydrogen-bond acceptors (Lipinski definition) is 3. The predicted molar refractivity (Wildman–Crippen MR) is 53.0 cm³/mol. The molecule has 3 nitrogen and oxygen atoms in total. The van der Waals surface area contributed by atoms with Gasteiger partial charge in [-0.3, -0.25) is 14.6 Å². The van der Waals surface area contributed by atoms with E-state index in [1.165, 1.54) is 0 Å². The molecule has 1 heterocycles. The summed E-state index contributed by atoms with van der Waals surface area (Å²) in [5.74, 6) is -0.237. The van der Waals surface area contributed by atoms with Crippen molar-refractivity contribution in [2.45, 2.75) is 20.3 Å². The van der Waals surface area contributed by atoms with Crippen LogP contribution in [0.25, 0.3) is 0 Å². The molecule has 3 heteroatoms. The van der Waals surface area contributed by atoms with Gasteiger partial charge in [0.15, 0.2) is 5.78 Å². The number of hydrogen-bond donors (Lipinski definition) is 0. The Kier molecular flexibility index (Phi) is 3.51. The summed E-state index contributed by atoms with van der Waals surface area (Å²) in [7, 11) is 0. The molecule has 1 aromatic heterocycles. The van der Waals surface area contributed by atoms with Gasteiger partial charge in [-0.25, -0.2) is 0 Å². The fourth-order valence-electron chi connectivity index (χ4n) is 1.00. The van der Waals surface area contributed by atoms with Crippen molar-refractivity contribution in [3.8, 4) is 0 Å².